The molecule has 3 N–H and O–H groups in total. The molecule has 0 radical (unpaired) electrons. The van der Waals surface area contributed by atoms with Gasteiger partial charge in [-0.25, -0.2) is 32.9 Å². The summed E-state index contributed by atoms with van der Waals surface area (Å²) in [6, 6.07) is 9.17. The van der Waals surface area contributed by atoms with Crippen molar-refractivity contribution in [3.05, 3.63) is 58.3 Å². The van der Waals surface area contributed by atoms with Gasteiger partial charge in [0, 0.05) is 68.0 Å². The standard InChI is InChI=1S/C33H45Cl2N9O4S/c1-23(49(46,47)37-3)4-7-42-10-12-44(13-11-42)32-38-20-29(21-39-32)48-31-15-25(14-30(41-31)26-16-27(34)18-28(35)17-26)22-43-8-5-24(6-9-43)19-40-33(45)36-2/h14-18,20-21,23-24,37H,4-13,19,22H2,1-3H3,(H2,36,40,45). The van der Waals surface area contributed by atoms with Crippen LogP contribution < -0.4 is 25.0 Å². The normalized spacial score (nSPS) is 17.1. The number of amides is 2. The number of halogens is 2. The van der Waals surface area contributed by atoms with Gasteiger partial charge in [0.2, 0.25) is 21.9 Å². The highest BCUT2D eigenvalue weighted by Gasteiger charge is 2.24. The maximum absolute atomic E-state index is 12.0. The van der Waals surface area contributed by atoms with Gasteiger partial charge in [-0.05, 0) is 88.6 Å². The van der Waals surface area contributed by atoms with Gasteiger partial charge in [-0.1, -0.05) is 23.2 Å². The number of urea groups is 1. The minimum absolute atomic E-state index is 0.151. The van der Waals surface area contributed by atoms with Gasteiger partial charge >= 0.3 is 6.03 Å². The van der Waals surface area contributed by atoms with E-state index in [2.05, 4.69) is 40.0 Å². The lowest BCUT2D eigenvalue weighted by Crippen LogP contribution is -2.48. The fraction of sp³-hybridized carbons (Fsp3) is 0.515. The van der Waals surface area contributed by atoms with Gasteiger partial charge < -0.3 is 20.3 Å². The molecule has 0 aliphatic carbocycles. The average molecular weight is 735 g/mol. The molecule has 13 nitrogen and oxygen atoms in total. The van der Waals surface area contributed by atoms with Crippen molar-refractivity contribution in [2.24, 2.45) is 5.92 Å². The molecular weight excluding hydrogens is 689 g/mol. The Kier molecular flexibility index (Phi) is 12.9. The highest BCUT2D eigenvalue weighted by atomic mass is 35.5. The molecule has 2 aliphatic heterocycles. The van der Waals surface area contributed by atoms with Gasteiger partial charge in [-0.15, -0.1) is 0 Å². The van der Waals surface area contributed by atoms with E-state index in [9.17, 15) is 13.2 Å². The maximum atomic E-state index is 12.0. The summed E-state index contributed by atoms with van der Waals surface area (Å²) in [6.45, 7) is 8.74. The molecule has 3 aromatic rings. The molecule has 49 heavy (non-hydrogen) atoms. The minimum Gasteiger partial charge on any atom is -0.436 e. The number of aromatic nitrogens is 3. The number of ether oxygens (including phenoxy) is 1. The molecule has 2 fully saturated rings. The van der Waals surface area contributed by atoms with Crippen LogP contribution in [0.4, 0.5) is 10.7 Å². The Morgan fingerprint density at radius 1 is 0.959 bits per heavy atom. The third kappa shape index (κ3) is 10.6. The van der Waals surface area contributed by atoms with Crippen LogP contribution in [0.15, 0.2) is 42.7 Å². The maximum Gasteiger partial charge on any atom is 0.314 e. The molecular formula is C33H45Cl2N9O4S. The number of hydrogen-bond donors (Lipinski definition) is 3. The summed E-state index contributed by atoms with van der Waals surface area (Å²) < 4.78 is 32.7. The zero-order valence-corrected chi connectivity index (χ0v) is 30.5. The number of carbonyl (C=O) groups is 1. The third-order valence-electron chi connectivity index (χ3n) is 9.07. The van der Waals surface area contributed by atoms with Crippen LogP contribution in [-0.2, 0) is 16.6 Å². The smallest absolute Gasteiger partial charge is 0.314 e. The van der Waals surface area contributed by atoms with Gasteiger partial charge in [0.25, 0.3) is 0 Å². The van der Waals surface area contributed by atoms with Gasteiger partial charge in [0.15, 0.2) is 5.75 Å². The van der Waals surface area contributed by atoms with Crippen molar-refractivity contribution in [2.45, 2.75) is 38.0 Å². The van der Waals surface area contributed by atoms with Crippen LogP contribution in [0.5, 0.6) is 11.6 Å². The van der Waals surface area contributed by atoms with Crippen LogP contribution in [0.3, 0.4) is 0 Å². The Labute approximate surface area is 298 Å². The summed E-state index contributed by atoms with van der Waals surface area (Å²) in [5, 5.41) is 6.12. The molecule has 2 aromatic heterocycles. The Bertz CT molecular complexity index is 1650. The van der Waals surface area contributed by atoms with Gasteiger partial charge in [-0.2, -0.15) is 0 Å². The number of rotatable bonds is 13. The van der Waals surface area contributed by atoms with Crippen molar-refractivity contribution in [3.63, 3.8) is 0 Å². The number of hydrogen-bond acceptors (Lipinski definition) is 10. The van der Waals surface area contributed by atoms with Crippen molar-refractivity contribution < 1.29 is 17.9 Å². The summed E-state index contributed by atoms with van der Waals surface area (Å²) in [5.74, 6) is 1.93. The predicted molar refractivity (Wildman–Crippen MR) is 193 cm³/mol. The Balaban J connectivity index is 1.22. The van der Waals surface area contributed by atoms with Crippen molar-refractivity contribution in [1.29, 1.82) is 0 Å². The number of piperidine rings is 1. The largest absolute Gasteiger partial charge is 0.436 e. The third-order valence-corrected chi connectivity index (χ3v) is 11.4. The van der Waals surface area contributed by atoms with E-state index in [-0.39, 0.29) is 6.03 Å². The van der Waals surface area contributed by atoms with Crippen molar-refractivity contribution >= 4 is 45.2 Å². The molecule has 0 saturated carbocycles. The molecule has 266 valence electrons. The van der Waals surface area contributed by atoms with E-state index in [4.69, 9.17) is 32.9 Å². The van der Waals surface area contributed by atoms with Crippen LogP contribution in [0.1, 0.15) is 31.7 Å². The first kappa shape index (κ1) is 37.0. The fourth-order valence-corrected chi connectivity index (χ4v) is 7.37. The first-order valence-corrected chi connectivity index (χ1v) is 18.9. The number of pyridine rings is 1. The number of piperazine rings is 1. The SMILES string of the molecule is CNC(=O)NCC1CCN(Cc2cc(Oc3cnc(N4CCN(CCC(C)S(=O)(=O)NC)CC4)nc3)nc(-c3cc(Cl)cc(Cl)c3)c2)CC1. The first-order valence-electron chi connectivity index (χ1n) is 16.6. The predicted octanol–water partition coefficient (Wildman–Crippen LogP) is 4.23. The summed E-state index contributed by atoms with van der Waals surface area (Å²) in [4.78, 5) is 32.3. The molecule has 0 spiro atoms. The molecule has 5 rings (SSSR count). The number of nitrogens with zero attached hydrogens (tertiary/aromatic N) is 6. The summed E-state index contributed by atoms with van der Waals surface area (Å²) in [6.07, 6.45) is 5.87. The number of sulfonamides is 1. The van der Waals surface area contributed by atoms with Crippen LogP contribution in [0.25, 0.3) is 11.3 Å². The van der Waals surface area contributed by atoms with Crippen LogP contribution in [0, 0.1) is 5.92 Å². The number of anilines is 1. The number of benzene rings is 1. The van der Waals surface area contributed by atoms with E-state index in [1.807, 2.05) is 24.3 Å². The van der Waals surface area contributed by atoms with Crippen molar-refractivity contribution in [3.8, 4) is 22.9 Å². The lowest BCUT2D eigenvalue weighted by molar-refractivity contribution is 0.175. The highest BCUT2D eigenvalue weighted by Crippen LogP contribution is 2.31. The second kappa shape index (κ2) is 17.1. The molecule has 1 aromatic carbocycles. The van der Waals surface area contributed by atoms with Crippen LogP contribution in [-0.4, -0.2) is 111 Å². The number of carbonyl (C=O) groups excluding carboxylic acids is 1. The molecule has 16 heteroatoms. The van der Waals surface area contributed by atoms with E-state index in [1.165, 1.54) is 7.05 Å². The van der Waals surface area contributed by atoms with Gasteiger partial charge in [0.1, 0.15) is 0 Å². The van der Waals surface area contributed by atoms with Crippen molar-refractivity contribution in [1.82, 2.24) is 40.1 Å². The molecule has 2 amide bonds. The van der Waals surface area contributed by atoms with Gasteiger partial charge in [0.05, 0.1) is 23.3 Å². The number of likely N-dealkylation sites (tertiary alicyclic amines) is 1. The Hall–Kier alpha value is -3.27. The molecule has 1 atom stereocenters. The quantitative estimate of drug-likeness (QED) is 0.234. The summed E-state index contributed by atoms with van der Waals surface area (Å²) in [7, 11) is -0.191. The lowest BCUT2D eigenvalue weighted by atomic mass is 9.96. The van der Waals surface area contributed by atoms with E-state index < -0.39 is 15.3 Å². The molecule has 2 aliphatic rings. The van der Waals surface area contributed by atoms with E-state index >= 15 is 0 Å². The fourth-order valence-electron chi connectivity index (χ4n) is 6.02. The van der Waals surface area contributed by atoms with Crippen LogP contribution >= 0.6 is 23.2 Å². The lowest BCUT2D eigenvalue weighted by Gasteiger charge is -2.35. The molecule has 0 bridgehead atoms. The summed E-state index contributed by atoms with van der Waals surface area (Å²) >= 11 is 12.7. The minimum atomic E-state index is -3.26. The van der Waals surface area contributed by atoms with Crippen molar-refractivity contribution in [2.75, 3.05) is 71.4 Å². The number of nitrogens with one attached hydrogen (secondary N) is 3. The van der Waals surface area contributed by atoms with Gasteiger partial charge in [-0.3, -0.25) is 9.80 Å². The Morgan fingerprint density at radius 3 is 2.27 bits per heavy atom. The molecule has 1 unspecified atom stereocenters. The van der Waals surface area contributed by atoms with E-state index in [0.717, 1.165) is 63.2 Å². The summed E-state index contributed by atoms with van der Waals surface area (Å²) in [5.41, 5.74) is 2.51. The first-order chi connectivity index (χ1) is 23.5. The zero-order chi connectivity index (χ0) is 35.0. The zero-order valence-electron chi connectivity index (χ0n) is 28.2. The van der Waals surface area contributed by atoms with E-state index in [0.29, 0.717) is 65.3 Å². The van der Waals surface area contributed by atoms with Crippen LogP contribution in [0.2, 0.25) is 10.0 Å². The highest BCUT2D eigenvalue weighted by molar-refractivity contribution is 7.90. The van der Waals surface area contributed by atoms with E-state index in [1.54, 1.807) is 32.4 Å². The average Bonchev–Trinajstić information content (AvgIpc) is 3.10. The second-order valence-electron chi connectivity index (χ2n) is 12.5. The molecule has 4 heterocycles. The molecule has 2 saturated heterocycles. The second-order valence-corrected chi connectivity index (χ2v) is 15.7. The monoisotopic (exact) mass is 733 g/mol. The topological polar surface area (TPSA) is 145 Å². The Morgan fingerprint density at radius 2 is 1.63 bits per heavy atom.